The van der Waals surface area contributed by atoms with Crippen molar-refractivity contribution in [3.05, 3.63) is 82.2 Å². The molecule has 10 heteroatoms. The number of amides is 3. The first-order chi connectivity index (χ1) is 17.5. The Kier molecular flexibility index (Phi) is 10.1. The van der Waals surface area contributed by atoms with Crippen LogP contribution in [0, 0.1) is 0 Å². The number of rotatable bonds is 12. The van der Waals surface area contributed by atoms with E-state index in [4.69, 9.17) is 15.0 Å². The molecule has 3 amide bonds. The minimum atomic E-state index is -1.00. The molecule has 0 spiro atoms. The lowest BCUT2D eigenvalue weighted by Gasteiger charge is -2.23. The van der Waals surface area contributed by atoms with Crippen molar-refractivity contribution in [3.8, 4) is 0 Å². The SMILES string of the molecule is CC(CCCC[C@H](N=[N+]=[N-])C(=O)N1C(=O)OC[C@@H]1Cc1ccccc1)NC(=O)OCc1ccccc1. The molecule has 1 N–H and O–H groups in total. The second kappa shape index (κ2) is 13.7. The topological polar surface area (TPSA) is 134 Å². The lowest BCUT2D eigenvalue weighted by atomic mass is 10.0. The van der Waals surface area contributed by atoms with Gasteiger partial charge in [-0.05, 0) is 42.8 Å². The van der Waals surface area contributed by atoms with Gasteiger partial charge in [-0.15, -0.1) is 0 Å². The minimum absolute atomic E-state index is 0.103. The number of carbonyl (C=O) groups excluding carboxylic acids is 3. The molecule has 0 bridgehead atoms. The molecule has 190 valence electrons. The van der Waals surface area contributed by atoms with E-state index < -0.39 is 30.2 Å². The molecule has 1 unspecified atom stereocenters. The molecule has 3 atom stereocenters. The fraction of sp³-hybridized carbons (Fsp3) is 0.423. The maximum atomic E-state index is 13.1. The summed E-state index contributed by atoms with van der Waals surface area (Å²) in [6.07, 6.45) is 1.45. The molecule has 2 aromatic carbocycles. The highest BCUT2D eigenvalue weighted by Gasteiger charge is 2.40. The standard InChI is InChI=1S/C26H31N5O5/c1-19(28-25(33)35-17-21-13-6-3-7-14-21)10-8-9-15-23(29-30-27)24(32)31-22(18-36-26(31)34)16-20-11-4-2-5-12-20/h2-7,11-14,19,22-23H,8-10,15-18H2,1H3,(H,28,33)/t19?,22-,23-/m0/s1. The fourth-order valence-corrected chi connectivity index (χ4v) is 4.05. The number of alkyl carbamates (subject to hydrolysis) is 1. The van der Waals surface area contributed by atoms with Crippen LogP contribution in [0.3, 0.4) is 0 Å². The van der Waals surface area contributed by atoms with Crippen molar-refractivity contribution in [1.29, 1.82) is 0 Å². The van der Waals surface area contributed by atoms with E-state index in [0.29, 0.717) is 25.7 Å². The van der Waals surface area contributed by atoms with Gasteiger partial charge >= 0.3 is 12.2 Å². The molecule has 1 aliphatic rings. The van der Waals surface area contributed by atoms with E-state index in [9.17, 15) is 14.4 Å². The number of cyclic esters (lactones) is 1. The summed E-state index contributed by atoms with van der Waals surface area (Å²) >= 11 is 0. The lowest BCUT2D eigenvalue weighted by molar-refractivity contribution is -0.130. The normalized spacial score (nSPS) is 16.4. The van der Waals surface area contributed by atoms with Crippen LogP contribution >= 0.6 is 0 Å². The van der Waals surface area contributed by atoms with Gasteiger partial charge < -0.3 is 14.8 Å². The summed E-state index contributed by atoms with van der Waals surface area (Å²) in [7, 11) is 0. The van der Waals surface area contributed by atoms with Crippen LogP contribution in [0.4, 0.5) is 9.59 Å². The zero-order valence-corrected chi connectivity index (χ0v) is 20.3. The molecule has 1 saturated heterocycles. The predicted molar refractivity (Wildman–Crippen MR) is 133 cm³/mol. The maximum Gasteiger partial charge on any atom is 0.416 e. The van der Waals surface area contributed by atoms with Crippen molar-refractivity contribution in [2.75, 3.05) is 6.61 Å². The first kappa shape index (κ1) is 26.6. The van der Waals surface area contributed by atoms with Crippen LogP contribution in [0.15, 0.2) is 65.8 Å². The van der Waals surface area contributed by atoms with Crippen LogP contribution < -0.4 is 5.32 Å². The molecular weight excluding hydrogens is 462 g/mol. The van der Waals surface area contributed by atoms with Gasteiger partial charge in [-0.1, -0.05) is 78.6 Å². The van der Waals surface area contributed by atoms with Crippen molar-refractivity contribution in [3.63, 3.8) is 0 Å². The monoisotopic (exact) mass is 493 g/mol. The zero-order chi connectivity index (χ0) is 25.8. The molecule has 2 aromatic rings. The summed E-state index contributed by atoms with van der Waals surface area (Å²) in [5, 5.41) is 6.44. The van der Waals surface area contributed by atoms with Gasteiger partial charge in [-0.25, -0.2) is 14.5 Å². The average molecular weight is 494 g/mol. The summed E-state index contributed by atoms with van der Waals surface area (Å²) < 4.78 is 10.3. The van der Waals surface area contributed by atoms with Gasteiger partial charge in [-0.2, -0.15) is 0 Å². The van der Waals surface area contributed by atoms with Crippen molar-refractivity contribution >= 4 is 18.1 Å². The molecule has 36 heavy (non-hydrogen) atoms. The molecule has 0 aromatic heterocycles. The van der Waals surface area contributed by atoms with Gasteiger partial charge in [0.2, 0.25) is 5.91 Å². The number of ether oxygens (including phenoxy) is 2. The second-order valence-corrected chi connectivity index (χ2v) is 8.74. The molecular formula is C26H31N5O5. The number of benzene rings is 2. The van der Waals surface area contributed by atoms with Crippen molar-refractivity contribution in [1.82, 2.24) is 10.2 Å². The van der Waals surface area contributed by atoms with Crippen LogP contribution in [-0.2, 0) is 27.3 Å². The Morgan fingerprint density at radius 2 is 1.75 bits per heavy atom. The number of hydrogen-bond acceptors (Lipinski definition) is 6. The highest BCUT2D eigenvalue weighted by molar-refractivity contribution is 5.96. The quantitative estimate of drug-likeness (QED) is 0.189. The Morgan fingerprint density at radius 3 is 2.42 bits per heavy atom. The summed E-state index contributed by atoms with van der Waals surface area (Å²) in [5.74, 6) is -0.549. The van der Waals surface area contributed by atoms with Gasteiger partial charge in [-0.3, -0.25) is 4.79 Å². The smallest absolute Gasteiger partial charge is 0.416 e. The van der Waals surface area contributed by atoms with Gasteiger partial charge in [0.25, 0.3) is 0 Å². The molecule has 10 nitrogen and oxygen atoms in total. The highest BCUT2D eigenvalue weighted by Crippen LogP contribution is 2.21. The number of imide groups is 1. The average Bonchev–Trinajstić information content (AvgIpc) is 3.25. The van der Waals surface area contributed by atoms with Crippen molar-refractivity contribution in [2.24, 2.45) is 5.11 Å². The lowest BCUT2D eigenvalue weighted by Crippen LogP contribution is -2.45. The Morgan fingerprint density at radius 1 is 1.11 bits per heavy atom. The van der Waals surface area contributed by atoms with Crippen LogP contribution in [0.5, 0.6) is 0 Å². The van der Waals surface area contributed by atoms with E-state index in [1.54, 1.807) is 0 Å². The molecule has 1 fully saturated rings. The summed E-state index contributed by atoms with van der Waals surface area (Å²) in [6, 6.07) is 17.3. The molecule has 0 radical (unpaired) electrons. The second-order valence-electron chi connectivity index (χ2n) is 8.74. The summed E-state index contributed by atoms with van der Waals surface area (Å²) in [4.78, 5) is 41.3. The van der Waals surface area contributed by atoms with Gasteiger partial charge in [0.15, 0.2) is 0 Å². The number of unbranched alkanes of at least 4 members (excludes halogenated alkanes) is 1. The van der Waals surface area contributed by atoms with E-state index >= 15 is 0 Å². The Labute approximate surface area is 210 Å². The highest BCUT2D eigenvalue weighted by atomic mass is 16.6. The Hall–Kier alpha value is -4.04. The van der Waals surface area contributed by atoms with Gasteiger partial charge in [0.05, 0.1) is 6.04 Å². The van der Waals surface area contributed by atoms with E-state index in [1.807, 2.05) is 67.6 Å². The third-order valence-corrected chi connectivity index (χ3v) is 5.93. The summed E-state index contributed by atoms with van der Waals surface area (Å²) in [5.41, 5.74) is 10.9. The third-order valence-electron chi connectivity index (χ3n) is 5.93. The van der Waals surface area contributed by atoms with E-state index in [-0.39, 0.29) is 25.7 Å². The van der Waals surface area contributed by atoms with Crippen molar-refractivity contribution < 1.29 is 23.9 Å². The largest absolute Gasteiger partial charge is 0.447 e. The minimum Gasteiger partial charge on any atom is -0.447 e. The molecule has 3 rings (SSSR count). The number of carbonyl (C=O) groups is 3. The zero-order valence-electron chi connectivity index (χ0n) is 20.3. The molecule has 0 aliphatic carbocycles. The van der Waals surface area contributed by atoms with Gasteiger partial charge in [0.1, 0.15) is 19.3 Å². The number of hydrogen-bond donors (Lipinski definition) is 1. The molecule has 0 saturated carbocycles. The Balaban J connectivity index is 1.44. The van der Waals surface area contributed by atoms with Crippen LogP contribution in [0.25, 0.3) is 10.4 Å². The number of azide groups is 1. The number of nitrogens with one attached hydrogen (secondary N) is 1. The van der Waals surface area contributed by atoms with E-state index in [2.05, 4.69) is 15.3 Å². The van der Waals surface area contributed by atoms with Crippen LogP contribution in [0.2, 0.25) is 0 Å². The Bertz CT molecular complexity index is 1060. The number of nitrogens with zero attached hydrogens (tertiary/aromatic N) is 4. The summed E-state index contributed by atoms with van der Waals surface area (Å²) in [6.45, 7) is 2.17. The maximum absolute atomic E-state index is 13.1. The van der Waals surface area contributed by atoms with Crippen LogP contribution in [-0.4, -0.2) is 47.7 Å². The third kappa shape index (κ3) is 8.02. The van der Waals surface area contributed by atoms with Crippen molar-refractivity contribution in [2.45, 2.75) is 63.8 Å². The van der Waals surface area contributed by atoms with E-state index in [1.165, 1.54) is 0 Å². The molecule has 1 aliphatic heterocycles. The predicted octanol–water partition coefficient (Wildman–Crippen LogP) is 5.13. The first-order valence-electron chi connectivity index (χ1n) is 12.0. The van der Waals surface area contributed by atoms with Crippen LogP contribution in [0.1, 0.15) is 43.7 Å². The van der Waals surface area contributed by atoms with E-state index in [0.717, 1.165) is 16.0 Å². The fourth-order valence-electron chi connectivity index (χ4n) is 4.05. The van der Waals surface area contributed by atoms with Gasteiger partial charge in [0, 0.05) is 11.0 Å². The molecule has 1 heterocycles. The first-order valence-corrected chi connectivity index (χ1v) is 12.0.